The summed E-state index contributed by atoms with van der Waals surface area (Å²) in [6.45, 7) is 2.37. The summed E-state index contributed by atoms with van der Waals surface area (Å²) in [5.41, 5.74) is 8.27. The molecule has 0 bridgehead atoms. The first-order valence-corrected chi connectivity index (χ1v) is 6.23. The van der Waals surface area contributed by atoms with E-state index in [2.05, 4.69) is 20.3 Å². The predicted molar refractivity (Wildman–Crippen MR) is 71.4 cm³/mol. The number of nitrogens with one attached hydrogen (secondary N) is 1. The van der Waals surface area contributed by atoms with Crippen LogP contribution in [-0.4, -0.2) is 42.0 Å². The van der Waals surface area contributed by atoms with Crippen molar-refractivity contribution in [3.05, 3.63) is 34.8 Å². The lowest BCUT2D eigenvalue weighted by atomic mass is 10.1. The fourth-order valence-electron chi connectivity index (χ4n) is 2.13. The van der Waals surface area contributed by atoms with Crippen LogP contribution < -0.4 is 5.32 Å². The van der Waals surface area contributed by atoms with Crippen LogP contribution >= 0.6 is 0 Å². The van der Waals surface area contributed by atoms with Crippen LogP contribution in [0.2, 0.25) is 0 Å². The van der Waals surface area contributed by atoms with Gasteiger partial charge in [0.25, 0.3) is 0 Å². The maximum atomic E-state index is 11.7. The molecule has 1 amide bonds. The maximum absolute atomic E-state index is 11.7. The van der Waals surface area contributed by atoms with E-state index in [9.17, 15) is 4.79 Å². The Hall–Kier alpha value is -2.27. The van der Waals surface area contributed by atoms with Crippen LogP contribution in [0.25, 0.3) is 10.4 Å². The van der Waals surface area contributed by atoms with E-state index in [0.29, 0.717) is 32.6 Å². The largest absolute Gasteiger partial charge is 0.368 e. The van der Waals surface area contributed by atoms with Gasteiger partial charge in [0, 0.05) is 43.7 Å². The average Bonchev–Trinajstić information content (AvgIpc) is 2.78. The van der Waals surface area contributed by atoms with E-state index in [1.54, 1.807) is 11.1 Å². The maximum Gasteiger partial charge on any atom is 0.222 e. The van der Waals surface area contributed by atoms with Crippen LogP contribution in [-0.2, 0) is 4.79 Å². The van der Waals surface area contributed by atoms with Gasteiger partial charge >= 0.3 is 0 Å². The Kier molecular flexibility index (Phi) is 4.58. The molecular formula is C12H16N6O. The average molecular weight is 260 g/mol. The lowest BCUT2D eigenvalue weighted by Crippen LogP contribution is -2.30. The van der Waals surface area contributed by atoms with E-state index < -0.39 is 0 Å². The highest BCUT2D eigenvalue weighted by molar-refractivity contribution is 5.78. The van der Waals surface area contributed by atoms with E-state index in [0.717, 1.165) is 5.82 Å². The van der Waals surface area contributed by atoms with Gasteiger partial charge in [-0.15, -0.1) is 0 Å². The number of hydrogen-bond acceptors (Lipinski definition) is 4. The highest BCUT2D eigenvalue weighted by Gasteiger charge is 2.28. The summed E-state index contributed by atoms with van der Waals surface area (Å²) in [6, 6.07) is 5.65. The Bertz CT molecular complexity index is 470. The number of carbonyl (C=O) groups excluding carboxylic acids is 1. The van der Waals surface area contributed by atoms with Crippen molar-refractivity contribution in [3.8, 4) is 0 Å². The number of aromatic nitrogens is 1. The molecule has 1 unspecified atom stereocenters. The van der Waals surface area contributed by atoms with Gasteiger partial charge in [0.05, 0.1) is 0 Å². The summed E-state index contributed by atoms with van der Waals surface area (Å²) in [6.07, 6.45) is 2.20. The van der Waals surface area contributed by atoms with Crippen LogP contribution in [0.15, 0.2) is 29.5 Å². The summed E-state index contributed by atoms with van der Waals surface area (Å²) < 4.78 is 0. The van der Waals surface area contributed by atoms with Crippen molar-refractivity contribution in [2.75, 3.05) is 31.5 Å². The molecule has 0 spiro atoms. The van der Waals surface area contributed by atoms with Gasteiger partial charge in [0.15, 0.2) is 0 Å². The van der Waals surface area contributed by atoms with Crippen LogP contribution in [0.3, 0.4) is 0 Å². The number of carbonyl (C=O) groups is 1. The first-order chi connectivity index (χ1) is 9.29. The molecule has 0 saturated carbocycles. The zero-order chi connectivity index (χ0) is 13.5. The van der Waals surface area contributed by atoms with Crippen molar-refractivity contribution in [2.24, 2.45) is 11.0 Å². The summed E-state index contributed by atoms with van der Waals surface area (Å²) >= 11 is 0. The quantitative estimate of drug-likeness (QED) is 0.478. The number of azide groups is 1. The van der Waals surface area contributed by atoms with E-state index in [-0.39, 0.29) is 11.8 Å². The second kappa shape index (κ2) is 6.61. The Balaban J connectivity index is 1.74. The minimum atomic E-state index is 0.126. The molecule has 0 aliphatic carbocycles. The highest BCUT2D eigenvalue weighted by atomic mass is 16.2. The van der Waals surface area contributed by atoms with Gasteiger partial charge in [0.2, 0.25) is 5.91 Å². The first-order valence-electron chi connectivity index (χ1n) is 6.23. The van der Waals surface area contributed by atoms with Crippen molar-refractivity contribution in [2.45, 2.75) is 6.42 Å². The summed E-state index contributed by atoms with van der Waals surface area (Å²) in [5, 5.41) is 6.69. The molecule has 2 rings (SSSR count). The molecule has 1 saturated heterocycles. The Morgan fingerprint density at radius 1 is 1.58 bits per heavy atom. The standard InChI is InChI=1S/C12H16N6O/c13-17-16-8-10-7-12(19)18(9-10)6-5-15-11-3-1-2-4-14-11/h1-4,10H,5-9H2,(H,14,15). The van der Waals surface area contributed by atoms with Crippen molar-refractivity contribution in [3.63, 3.8) is 0 Å². The molecule has 1 aliphatic rings. The predicted octanol–water partition coefficient (Wildman–Crippen LogP) is 1.65. The van der Waals surface area contributed by atoms with Crippen LogP contribution in [0.1, 0.15) is 6.42 Å². The molecule has 1 fully saturated rings. The molecular weight excluding hydrogens is 244 g/mol. The van der Waals surface area contributed by atoms with E-state index in [4.69, 9.17) is 5.53 Å². The lowest BCUT2D eigenvalue weighted by molar-refractivity contribution is -0.127. The van der Waals surface area contributed by atoms with Crippen molar-refractivity contribution in [1.82, 2.24) is 9.88 Å². The molecule has 19 heavy (non-hydrogen) atoms. The summed E-state index contributed by atoms with van der Waals surface area (Å²) in [4.78, 5) is 20.4. The zero-order valence-electron chi connectivity index (χ0n) is 10.6. The number of likely N-dealkylation sites (tertiary alicyclic amines) is 1. The SMILES string of the molecule is [N-]=[N+]=NCC1CC(=O)N(CCNc2ccccn2)C1. The molecule has 100 valence electrons. The highest BCUT2D eigenvalue weighted by Crippen LogP contribution is 2.17. The Morgan fingerprint density at radius 3 is 3.21 bits per heavy atom. The second-order valence-electron chi connectivity index (χ2n) is 4.47. The van der Waals surface area contributed by atoms with Gasteiger partial charge in [-0.05, 0) is 23.6 Å². The van der Waals surface area contributed by atoms with Crippen molar-refractivity contribution in [1.29, 1.82) is 0 Å². The van der Waals surface area contributed by atoms with Gasteiger partial charge in [0.1, 0.15) is 5.82 Å². The molecule has 1 aromatic rings. The van der Waals surface area contributed by atoms with E-state index in [1.807, 2.05) is 18.2 Å². The summed E-state index contributed by atoms with van der Waals surface area (Å²) in [5.74, 6) is 1.08. The fraction of sp³-hybridized carbons (Fsp3) is 0.500. The number of amides is 1. The minimum absolute atomic E-state index is 0.126. The van der Waals surface area contributed by atoms with E-state index >= 15 is 0 Å². The molecule has 0 radical (unpaired) electrons. The number of pyridine rings is 1. The van der Waals surface area contributed by atoms with Gasteiger partial charge in [-0.1, -0.05) is 11.2 Å². The first kappa shape index (κ1) is 13.2. The lowest BCUT2D eigenvalue weighted by Gasteiger charge is -2.16. The molecule has 7 nitrogen and oxygen atoms in total. The number of anilines is 1. The molecule has 2 heterocycles. The van der Waals surface area contributed by atoms with E-state index in [1.165, 1.54) is 0 Å². The van der Waals surface area contributed by atoms with Crippen LogP contribution in [0.4, 0.5) is 5.82 Å². The molecule has 1 atom stereocenters. The zero-order valence-corrected chi connectivity index (χ0v) is 10.6. The molecule has 1 N–H and O–H groups in total. The van der Waals surface area contributed by atoms with Crippen molar-refractivity contribution >= 4 is 11.7 Å². The van der Waals surface area contributed by atoms with Gasteiger partial charge in [-0.2, -0.15) is 0 Å². The minimum Gasteiger partial charge on any atom is -0.368 e. The fourth-order valence-corrected chi connectivity index (χ4v) is 2.13. The van der Waals surface area contributed by atoms with Gasteiger partial charge < -0.3 is 10.2 Å². The third kappa shape index (κ3) is 3.86. The Morgan fingerprint density at radius 2 is 2.47 bits per heavy atom. The monoisotopic (exact) mass is 260 g/mol. The second-order valence-corrected chi connectivity index (χ2v) is 4.47. The Labute approximate surface area is 111 Å². The molecule has 1 aliphatic heterocycles. The van der Waals surface area contributed by atoms with Gasteiger partial charge in [-0.25, -0.2) is 4.98 Å². The topological polar surface area (TPSA) is 94.0 Å². The normalized spacial score (nSPS) is 18.2. The molecule has 7 heteroatoms. The van der Waals surface area contributed by atoms with Crippen LogP contribution in [0, 0.1) is 5.92 Å². The summed E-state index contributed by atoms with van der Waals surface area (Å²) in [7, 11) is 0. The van der Waals surface area contributed by atoms with Crippen molar-refractivity contribution < 1.29 is 4.79 Å². The van der Waals surface area contributed by atoms with Crippen LogP contribution in [0.5, 0.6) is 0 Å². The number of rotatable bonds is 6. The number of nitrogens with zero attached hydrogens (tertiary/aromatic N) is 5. The third-order valence-corrected chi connectivity index (χ3v) is 3.05. The number of hydrogen-bond donors (Lipinski definition) is 1. The van der Waals surface area contributed by atoms with Gasteiger partial charge in [-0.3, -0.25) is 4.79 Å². The smallest absolute Gasteiger partial charge is 0.222 e. The molecule has 0 aromatic carbocycles. The molecule has 1 aromatic heterocycles. The third-order valence-electron chi connectivity index (χ3n) is 3.05.